The lowest BCUT2D eigenvalue weighted by Gasteiger charge is -2.05. The van der Waals surface area contributed by atoms with Crippen LogP contribution in [0.25, 0.3) is 33.1 Å². The Morgan fingerprint density at radius 3 is 2.50 bits per heavy atom. The van der Waals surface area contributed by atoms with Crippen molar-refractivity contribution in [1.29, 1.82) is 0 Å². The highest BCUT2D eigenvalue weighted by molar-refractivity contribution is 5.84. The molecule has 0 unspecified atom stereocenters. The van der Waals surface area contributed by atoms with Gasteiger partial charge >= 0.3 is 0 Å². The van der Waals surface area contributed by atoms with E-state index in [0.717, 1.165) is 23.3 Å². The molecule has 4 aromatic rings. The minimum absolute atomic E-state index is 0.946. The van der Waals surface area contributed by atoms with E-state index >= 15 is 0 Å². The molecule has 0 aliphatic rings. The van der Waals surface area contributed by atoms with Gasteiger partial charge in [0.15, 0.2) is 6.20 Å². The van der Waals surface area contributed by atoms with Gasteiger partial charge in [-0.2, -0.15) is 4.57 Å². The van der Waals surface area contributed by atoms with E-state index in [0.29, 0.717) is 0 Å². The summed E-state index contributed by atoms with van der Waals surface area (Å²) >= 11 is 0. The van der Waals surface area contributed by atoms with E-state index in [2.05, 4.69) is 72.3 Å². The standard InChI is InChI=1S/C20H17N2/c1-2-22-14-17(13-16-8-4-6-10-20(16)22)19-12-11-15-7-3-5-9-18(15)21-19/h3-14H,2H2,1H3/q+1. The third kappa shape index (κ3) is 2.13. The summed E-state index contributed by atoms with van der Waals surface area (Å²) in [6.45, 7) is 3.12. The quantitative estimate of drug-likeness (QED) is 0.500. The fraction of sp³-hybridized carbons (Fsp3) is 0.100. The fourth-order valence-corrected chi connectivity index (χ4v) is 2.94. The van der Waals surface area contributed by atoms with E-state index in [1.807, 2.05) is 12.1 Å². The number of nitrogens with zero attached hydrogens (tertiary/aromatic N) is 2. The van der Waals surface area contributed by atoms with Crippen LogP contribution in [0.15, 0.2) is 72.9 Å². The molecule has 106 valence electrons. The third-order valence-electron chi connectivity index (χ3n) is 4.09. The first-order valence-electron chi connectivity index (χ1n) is 7.63. The number of aryl methyl sites for hydroxylation is 1. The van der Waals surface area contributed by atoms with E-state index in [1.54, 1.807) is 0 Å². The van der Waals surface area contributed by atoms with E-state index in [4.69, 9.17) is 4.98 Å². The molecule has 2 nitrogen and oxygen atoms in total. The first-order valence-corrected chi connectivity index (χ1v) is 7.63. The van der Waals surface area contributed by atoms with E-state index < -0.39 is 0 Å². The molecule has 0 fully saturated rings. The van der Waals surface area contributed by atoms with Crippen LogP contribution in [0.1, 0.15) is 6.92 Å². The molecule has 0 radical (unpaired) electrons. The number of hydrogen-bond acceptors (Lipinski definition) is 1. The van der Waals surface area contributed by atoms with Crippen LogP contribution in [-0.4, -0.2) is 4.98 Å². The molecule has 2 aromatic carbocycles. The van der Waals surface area contributed by atoms with Crippen molar-refractivity contribution in [3.8, 4) is 11.3 Å². The molecule has 0 amide bonds. The zero-order valence-corrected chi connectivity index (χ0v) is 12.5. The van der Waals surface area contributed by atoms with Crippen LogP contribution in [0.2, 0.25) is 0 Å². The Morgan fingerprint density at radius 1 is 0.864 bits per heavy atom. The number of aromatic nitrogens is 2. The van der Waals surface area contributed by atoms with Gasteiger partial charge in [0, 0.05) is 16.8 Å². The Kier molecular flexibility index (Phi) is 3.08. The van der Waals surface area contributed by atoms with Crippen LogP contribution in [-0.2, 0) is 6.54 Å². The Balaban J connectivity index is 1.95. The van der Waals surface area contributed by atoms with Crippen LogP contribution in [0.4, 0.5) is 0 Å². The number of para-hydroxylation sites is 2. The summed E-state index contributed by atoms with van der Waals surface area (Å²) in [5.41, 5.74) is 4.48. The van der Waals surface area contributed by atoms with Crippen molar-refractivity contribution in [2.24, 2.45) is 0 Å². The van der Waals surface area contributed by atoms with Crippen molar-refractivity contribution >= 4 is 21.8 Å². The Bertz CT molecular complexity index is 973. The highest BCUT2D eigenvalue weighted by Crippen LogP contribution is 2.22. The number of pyridine rings is 2. The van der Waals surface area contributed by atoms with Crippen molar-refractivity contribution in [2.75, 3.05) is 0 Å². The molecule has 0 atom stereocenters. The Hall–Kier alpha value is -2.74. The zero-order chi connectivity index (χ0) is 14.9. The van der Waals surface area contributed by atoms with Gasteiger partial charge in [-0.1, -0.05) is 36.4 Å². The van der Waals surface area contributed by atoms with Crippen molar-refractivity contribution in [3.63, 3.8) is 0 Å². The van der Waals surface area contributed by atoms with Gasteiger partial charge in [-0.25, -0.2) is 4.98 Å². The van der Waals surface area contributed by atoms with Gasteiger partial charge in [-0.15, -0.1) is 0 Å². The topological polar surface area (TPSA) is 16.8 Å². The van der Waals surface area contributed by atoms with Crippen molar-refractivity contribution in [3.05, 3.63) is 72.9 Å². The van der Waals surface area contributed by atoms with Crippen molar-refractivity contribution in [1.82, 2.24) is 4.98 Å². The van der Waals surface area contributed by atoms with Crippen LogP contribution in [0.3, 0.4) is 0 Å². The van der Waals surface area contributed by atoms with Gasteiger partial charge in [0.05, 0.1) is 16.8 Å². The maximum absolute atomic E-state index is 4.81. The van der Waals surface area contributed by atoms with Gasteiger partial charge in [-0.3, -0.25) is 0 Å². The zero-order valence-electron chi connectivity index (χ0n) is 12.5. The fourth-order valence-electron chi connectivity index (χ4n) is 2.94. The highest BCUT2D eigenvalue weighted by atomic mass is 14.9. The molecular formula is C20H17N2+. The SMILES string of the molecule is CC[n+]1cc(-c2ccc3ccccc3n2)cc2ccccc21. The highest BCUT2D eigenvalue weighted by Gasteiger charge is 2.11. The second-order valence-corrected chi connectivity index (χ2v) is 5.46. The molecule has 22 heavy (non-hydrogen) atoms. The number of fused-ring (bicyclic) bond motifs is 2. The molecule has 0 N–H and O–H groups in total. The van der Waals surface area contributed by atoms with Crippen LogP contribution in [0.5, 0.6) is 0 Å². The summed E-state index contributed by atoms with van der Waals surface area (Å²) < 4.78 is 2.28. The minimum Gasteiger partial charge on any atom is -0.248 e. The summed E-state index contributed by atoms with van der Waals surface area (Å²) in [4.78, 5) is 4.81. The number of benzene rings is 2. The predicted molar refractivity (Wildman–Crippen MR) is 90.6 cm³/mol. The lowest BCUT2D eigenvalue weighted by molar-refractivity contribution is -0.667. The summed E-state index contributed by atoms with van der Waals surface area (Å²) in [6, 6.07) is 23.2. The first kappa shape index (κ1) is 13.0. The Morgan fingerprint density at radius 2 is 1.64 bits per heavy atom. The van der Waals surface area contributed by atoms with Crippen LogP contribution >= 0.6 is 0 Å². The average molecular weight is 285 g/mol. The van der Waals surface area contributed by atoms with E-state index in [9.17, 15) is 0 Å². The van der Waals surface area contributed by atoms with E-state index in [-0.39, 0.29) is 0 Å². The second-order valence-electron chi connectivity index (χ2n) is 5.46. The largest absolute Gasteiger partial charge is 0.248 e. The van der Waals surface area contributed by atoms with Gasteiger partial charge in [-0.05, 0) is 31.2 Å². The summed E-state index contributed by atoms with van der Waals surface area (Å²) in [6.07, 6.45) is 2.19. The van der Waals surface area contributed by atoms with Crippen LogP contribution < -0.4 is 4.57 Å². The molecule has 0 spiro atoms. The first-order chi connectivity index (χ1) is 10.8. The molecular weight excluding hydrogens is 268 g/mol. The molecule has 0 aliphatic carbocycles. The smallest absolute Gasteiger partial charge is 0.212 e. The molecule has 2 heteroatoms. The molecule has 2 heterocycles. The molecule has 0 aliphatic heterocycles. The summed E-state index contributed by atoms with van der Waals surface area (Å²) in [7, 11) is 0. The maximum Gasteiger partial charge on any atom is 0.212 e. The molecule has 0 bridgehead atoms. The van der Waals surface area contributed by atoms with Gasteiger partial charge in [0.25, 0.3) is 0 Å². The summed E-state index contributed by atoms with van der Waals surface area (Å²) in [5.74, 6) is 0. The van der Waals surface area contributed by atoms with Crippen LogP contribution in [0, 0.1) is 0 Å². The lowest BCUT2D eigenvalue weighted by atomic mass is 10.1. The molecule has 4 rings (SSSR count). The second kappa shape index (κ2) is 5.23. The maximum atomic E-state index is 4.81. The lowest BCUT2D eigenvalue weighted by Crippen LogP contribution is -2.32. The van der Waals surface area contributed by atoms with Crippen molar-refractivity contribution in [2.45, 2.75) is 13.5 Å². The van der Waals surface area contributed by atoms with Crippen molar-refractivity contribution < 1.29 is 4.57 Å². The normalized spacial score (nSPS) is 11.1. The monoisotopic (exact) mass is 285 g/mol. The molecule has 0 saturated carbocycles. The molecule has 2 aromatic heterocycles. The minimum atomic E-state index is 0.946. The van der Waals surface area contributed by atoms with Gasteiger partial charge in [0.2, 0.25) is 5.52 Å². The van der Waals surface area contributed by atoms with E-state index in [1.165, 1.54) is 16.3 Å². The van der Waals surface area contributed by atoms with Gasteiger partial charge in [0.1, 0.15) is 6.54 Å². The Labute approximate surface area is 129 Å². The predicted octanol–water partition coefficient (Wildman–Crippen LogP) is 4.36. The number of rotatable bonds is 2. The number of hydrogen-bond donors (Lipinski definition) is 0. The molecule has 0 saturated heterocycles. The third-order valence-corrected chi connectivity index (χ3v) is 4.09. The summed E-state index contributed by atoms with van der Waals surface area (Å²) in [5, 5.41) is 2.42. The van der Waals surface area contributed by atoms with Gasteiger partial charge < -0.3 is 0 Å². The average Bonchev–Trinajstić information content (AvgIpc) is 2.60.